The lowest BCUT2D eigenvalue weighted by molar-refractivity contribution is -0.305. The zero-order chi connectivity index (χ0) is 15.1. The third-order valence-electron chi connectivity index (χ3n) is 2.72. The van der Waals surface area contributed by atoms with Crippen LogP contribution in [0.15, 0.2) is 29.9 Å². The summed E-state index contributed by atoms with van der Waals surface area (Å²) < 4.78 is 0. The summed E-state index contributed by atoms with van der Waals surface area (Å²) in [5, 5.41) is 15.7. The van der Waals surface area contributed by atoms with Crippen molar-refractivity contribution in [2.24, 2.45) is 0 Å². The van der Waals surface area contributed by atoms with Gasteiger partial charge in [-0.15, -0.1) is 11.3 Å². The summed E-state index contributed by atoms with van der Waals surface area (Å²) in [4.78, 5) is 30.1. The molecule has 0 aromatic carbocycles. The molecule has 0 fully saturated rings. The van der Waals surface area contributed by atoms with E-state index in [1.807, 2.05) is 17.5 Å². The summed E-state index contributed by atoms with van der Waals surface area (Å²) in [6, 6.07) is 3.80. The molecule has 7 heteroatoms. The van der Waals surface area contributed by atoms with Crippen molar-refractivity contribution in [3.05, 3.63) is 35.6 Å². The van der Waals surface area contributed by atoms with E-state index in [-0.39, 0.29) is 18.7 Å². The first-order chi connectivity index (χ1) is 10.1. The van der Waals surface area contributed by atoms with Gasteiger partial charge in [-0.2, -0.15) is 0 Å². The Kier molecular flexibility index (Phi) is 5.39. The number of rotatable bonds is 7. The van der Waals surface area contributed by atoms with Crippen molar-refractivity contribution in [3.8, 4) is 10.6 Å². The monoisotopic (exact) mass is 304 g/mol. The number of pyridine rings is 1. The van der Waals surface area contributed by atoms with E-state index in [4.69, 9.17) is 0 Å². The number of hydrogen-bond donors (Lipinski definition) is 1. The van der Waals surface area contributed by atoms with Crippen LogP contribution in [0.2, 0.25) is 0 Å². The Morgan fingerprint density at radius 3 is 2.90 bits per heavy atom. The molecule has 1 N–H and O–H groups in total. The molecule has 0 radical (unpaired) electrons. The zero-order valence-corrected chi connectivity index (χ0v) is 12.1. The highest BCUT2D eigenvalue weighted by Crippen LogP contribution is 2.22. The van der Waals surface area contributed by atoms with Gasteiger partial charge in [0.05, 0.1) is 5.69 Å². The fourth-order valence-electron chi connectivity index (χ4n) is 1.68. The molecule has 2 heterocycles. The number of aliphatic carboxylic acids is 1. The highest BCUT2D eigenvalue weighted by molar-refractivity contribution is 7.13. The molecule has 0 atom stereocenters. The van der Waals surface area contributed by atoms with Crippen molar-refractivity contribution in [1.29, 1.82) is 0 Å². The number of carboxylic acids is 1. The predicted molar refractivity (Wildman–Crippen MR) is 76.3 cm³/mol. The number of carboxylic acid groups (broad SMARTS) is 1. The van der Waals surface area contributed by atoms with E-state index in [0.717, 1.165) is 16.3 Å². The van der Waals surface area contributed by atoms with Crippen molar-refractivity contribution in [2.45, 2.75) is 19.3 Å². The SMILES string of the molecule is O=C([O-])CCC(=O)NCCc1csc(-c2cccnc2)n1. The molecule has 0 aliphatic carbocycles. The quantitative estimate of drug-likeness (QED) is 0.798. The molecule has 0 spiro atoms. The van der Waals surface area contributed by atoms with Crippen LogP contribution in [0.25, 0.3) is 10.6 Å². The maximum atomic E-state index is 11.3. The number of nitrogens with one attached hydrogen (secondary N) is 1. The topological polar surface area (TPSA) is 95.0 Å². The smallest absolute Gasteiger partial charge is 0.220 e. The Labute approximate surface area is 125 Å². The van der Waals surface area contributed by atoms with Crippen LogP contribution in [0.4, 0.5) is 0 Å². The van der Waals surface area contributed by atoms with Gasteiger partial charge in [-0.05, 0) is 18.6 Å². The van der Waals surface area contributed by atoms with E-state index in [1.165, 1.54) is 11.3 Å². The third-order valence-corrected chi connectivity index (χ3v) is 3.66. The van der Waals surface area contributed by atoms with Gasteiger partial charge in [-0.1, -0.05) is 0 Å². The second kappa shape index (κ2) is 7.49. The third kappa shape index (κ3) is 4.96. The molecule has 2 aromatic heterocycles. The Morgan fingerprint density at radius 2 is 2.19 bits per heavy atom. The normalized spacial score (nSPS) is 10.3. The van der Waals surface area contributed by atoms with Crippen molar-refractivity contribution in [3.63, 3.8) is 0 Å². The average Bonchev–Trinajstić information content (AvgIpc) is 2.95. The van der Waals surface area contributed by atoms with Crippen molar-refractivity contribution >= 4 is 23.2 Å². The minimum atomic E-state index is -1.22. The van der Waals surface area contributed by atoms with Gasteiger partial charge >= 0.3 is 0 Å². The largest absolute Gasteiger partial charge is 0.550 e. The van der Waals surface area contributed by atoms with Crippen LogP contribution >= 0.6 is 11.3 Å². The highest BCUT2D eigenvalue weighted by Gasteiger charge is 2.06. The first-order valence-electron chi connectivity index (χ1n) is 6.46. The minimum Gasteiger partial charge on any atom is -0.550 e. The minimum absolute atomic E-state index is 0.0552. The zero-order valence-electron chi connectivity index (χ0n) is 11.2. The van der Waals surface area contributed by atoms with Crippen molar-refractivity contribution < 1.29 is 14.7 Å². The Balaban J connectivity index is 1.78. The summed E-state index contributed by atoms with van der Waals surface area (Å²) in [7, 11) is 0. The fraction of sp³-hybridized carbons (Fsp3) is 0.286. The molecule has 0 saturated carbocycles. The van der Waals surface area contributed by atoms with Gasteiger partial charge in [0.2, 0.25) is 5.91 Å². The second-order valence-corrected chi connectivity index (χ2v) is 5.22. The van der Waals surface area contributed by atoms with E-state index in [9.17, 15) is 14.7 Å². The van der Waals surface area contributed by atoms with Crippen LogP contribution in [0, 0.1) is 0 Å². The molecule has 1 amide bonds. The molecule has 2 rings (SSSR count). The lowest BCUT2D eigenvalue weighted by atomic mass is 10.3. The number of carbonyl (C=O) groups is 2. The van der Waals surface area contributed by atoms with Gasteiger partial charge in [0, 0.05) is 48.7 Å². The summed E-state index contributed by atoms with van der Waals surface area (Å²) in [5.74, 6) is -1.51. The van der Waals surface area contributed by atoms with E-state index >= 15 is 0 Å². The van der Waals surface area contributed by atoms with Crippen LogP contribution in [0.3, 0.4) is 0 Å². The predicted octanol–water partition coefficient (Wildman–Crippen LogP) is 0.394. The van der Waals surface area contributed by atoms with E-state index in [2.05, 4.69) is 15.3 Å². The fourth-order valence-corrected chi connectivity index (χ4v) is 2.52. The first kappa shape index (κ1) is 15.1. The van der Waals surface area contributed by atoms with Crippen LogP contribution in [-0.2, 0) is 16.0 Å². The molecule has 21 heavy (non-hydrogen) atoms. The second-order valence-electron chi connectivity index (χ2n) is 4.36. The molecule has 6 nitrogen and oxygen atoms in total. The molecule has 0 unspecified atom stereocenters. The molecule has 0 aliphatic heterocycles. The van der Waals surface area contributed by atoms with Crippen molar-refractivity contribution in [2.75, 3.05) is 6.54 Å². The molecule has 0 aliphatic rings. The van der Waals surface area contributed by atoms with Crippen molar-refractivity contribution in [1.82, 2.24) is 15.3 Å². The molecular weight excluding hydrogens is 290 g/mol. The standard InChI is InChI=1S/C14H15N3O3S/c18-12(3-4-13(19)20)16-7-5-11-9-21-14(17-11)10-2-1-6-15-8-10/h1-2,6,8-9H,3-5,7H2,(H,16,18)(H,19,20)/p-1. The Morgan fingerprint density at radius 1 is 1.33 bits per heavy atom. The van der Waals surface area contributed by atoms with Crippen LogP contribution in [0.1, 0.15) is 18.5 Å². The average molecular weight is 304 g/mol. The maximum absolute atomic E-state index is 11.3. The van der Waals surface area contributed by atoms with Crippen LogP contribution < -0.4 is 10.4 Å². The van der Waals surface area contributed by atoms with Gasteiger partial charge in [0.15, 0.2) is 0 Å². The Hall–Kier alpha value is -2.28. The molecule has 0 bridgehead atoms. The first-order valence-corrected chi connectivity index (χ1v) is 7.34. The number of amides is 1. The van der Waals surface area contributed by atoms with E-state index < -0.39 is 5.97 Å². The van der Waals surface area contributed by atoms with Crippen LogP contribution in [0.5, 0.6) is 0 Å². The molecule has 110 valence electrons. The van der Waals surface area contributed by atoms with Gasteiger partial charge < -0.3 is 15.2 Å². The maximum Gasteiger partial charge on any atom is 0.220 e. The molecule has 2 aromatic rings. The number of aromatic nitrogens is 2. The van der Waals surface area contributed by atoms with Gasteiger partial charge in [0.25, 0.3) is 0 Å². The summed E-state index contributed by atoms with van der Waals surface area (Å²) in [6.45, 7) is 0.433. The number of hydrogen-bond acceptors (Lipinski definition) is 6. The molecule has 0 saturated heterocycles. The van der Waals surface area contributed by atoms with Gasteiger partial charge in [-0.25, -0.2) is 4.98 Å². The van der Waals surface area contributed by atoms with Crippen LogP contribution in [-0.4, -0.2) is 28.4 Å². The summed E-state index contributed by atoms with van der Waals surface area (Å²) in [5.41, 5.74) is 1.85. The van der Waals surface area contributed by atoms with Gasteiger partial charge in [-0.3, -0.25) is 9.78 Å². The lowest BCUT2D eigenvalue weighted by Gasteiger charge is -2.04. The van der Waals surface area contributed by atoms with E-state index in [0.29, 0.717) is 13.0 Å². The number of nitrogens with zero attached hydrogens (tertiary/aromatic N) is 2. The lowest BCUT2D eigenvalue weighted by Crippen LogP contribution is -2.29. The molecular formula is C14H14N3O3S-. The Bertz CT molecular complexity index is 613. The number of thiazole rings is 1. The van der Waals surface area contributed by atoms with Gasteiger partial charge in [0.1, 0.15) is 5.01 Å². The summed E-state index contributed by atoms with van der Waals surface area (Å²) >= 11 is 1.53. The number of carbonyl (C=O) groups excluding carboxylic acids is 2. The highest BCUT2D eigenvalue weighted by atomic mass is 32.1. The van der Waals surface area contributed by atoms with E-state index in [1.54, 1.807) is 12.4 Å². The summed E-state index contributed by atoms with van der Waals surface area (Å²) in [6.07, 6.45) is 3.76.